The lowest BCUT2D eigenvalue weighted by atomic mass is 10.1. The van der Waals surface area contributed by atoms with Crippen LogP contribution in [0, 0.1) is 12.3 Å². The van der Waals surface area contributed by atoms with Crippen molar-refractivity contribution in [2.45, 2.75) is 0 Å². The summed E-state index contributed by atoms with van der Waals surface area (Å²) < 4.78 is 5.08. The first-order valence-corrected chi connectivity index (χ1v) is 5.78. The molecule has 1 N–H and O–H groups in total. The van der Waals surface area contributed by atoms with Gasteiger partial charge in [-0.15, -0.1) is 6.42 Å². The van der Waals surface area contributed by atoms with Gasteiger partial charge in [0.25, 0.3) is 0 Å². The van der Waals surface area contributed by atoms with E-state index in [0.717, 1.165) is 16.9 Å². The molecule has 0 atom stereocenters. The molecule has 0 saturated heterocycles. The molecule has 0 aliphatic rings. The van der Waals surface area contributed by atoms with Crippen LogP contribution in [0.5, 0.6) is 5.75 Å². The van der Waals surface area contributed by atoms with Gasteiger partial charge >= 0.3 is 5.97 Å². The van der Waals surface area contributed by atoms with Crippen LogP contribution in [-0.4, -0.2) is 43.2 Å². The van der Waals surface area contributed by atoms with Crippen LogP contribution in [0.25, 0.3) is 5.57 Å². The number of likely N-dealkylation sites (N-methyl/N-ethyl adjacent to an activating group) is 1. The molecule has 0 aromatic heterocycles. The highest BCUT2D eigenvalue weighted by Crippen LogP contribution is 2.18. The molecule has 0 spiro atoms. The number of ether oxygens (including phenoxy) is 1. The van der Waals surface area contributed by atoms with Gasteiger partial charge in [0.05, 0.1) is 13.7 Å². The van der Waals surface area contributed by atoms with Crippen molar-refractivity contribution in [3.8, 4) is 18.1 Å². The van der Waals surface area contributed by atoms with Crippen molar-refractivity contribution in [3.05, 3.63) is 35.9 Å². The minimum atomic E-state index is -0.859. The van der Waals surface area contributed by atoms with E-state index in [1.54, 1.807) is 19.1 Å². The maximum Gasteiger partial charge on any atom is 0.317 e. The predicted octanol–water partition coefficient (Wildman–Crippen LogP) is 1.73. The van der Waals surface area contributed by atoms with E-state index in [2.05, 4.69) is 5.92 Å². The van der Waals surface area contributed by atoms with Crippen molar-refractivity contribution >= 4 is 11.5 Å². The number of carbonyl (C=O) groups is 1. The molecule has 0 aliphatic carbocycles. The molecule has 1 rings (SSSR count). The van der Waals surface area contributed by atoms with Gasteiger partial charge in [-0.2, -0.15) is 0 Å². The SMILES string of the molecule is C#C/C(=C/CN(C)CC(=O)O)c1ccc(OC)cc1. The number of allylic oxidation sites excluding steroid dienone is 1. The minimum Gasteiger partial charge on any atom is -0.497 e. The second-order valence-corrected chi connectivity index (χ2v) is 4.08. The Bertz CT molecular complexity index is 497. The van der Waals surface area contributed by atoms with E-state index in [4.69, 9.17) is 16.3 Å². The van der Waals surface area contributed by atoms with E-state index in [1.807, 2.05) is 30.3 Å². The zero-order valence-electron chi connectivity index (χ0n) is 11.1. The van der Waals surface area contributed by atoms with E-state index in [-0.39, 0.29) is 6.54 Å². The fourth-order valence-corrected chi connectivity index (χ4v) is 1.57. The Labute approximate surface area is 113 Å². The zero-order valence-corrected chi connectivity index (χ0v) is 11.1. The average molecular weight is 259 g/mol. The number of carboxylic acids is 1. The quantitative estimate of drug-likeness (QED) is 0.790. The summed E-state index contributed by atoms with van der Waals surface area (Å²) >= 11 is 0. The van der Waals surface area contributed by atoms with Gasteiger partial charge in [-0.1, -0.05) is 24.1 Å². The van der Waals surface area contributed by atoms with Gasteiger partial charge in [-0.05, 0) is 24.7 Å². The van der Waals surface area contributed by atoms with Crippen LogP contribution in [0.3, 0.4) is 0 Å². The van der Waals surface area contributed by atoms with E-state index < -0.39 is 5.97 Å². The number of benzene rings is 1. The van der Waals surface area contributed by atoms with Gasteiger partial charge in [0.1, 0.15) is 5.75 Å². The molecule has 19 heavy (non-hydrogen) atoms. The Kier molecular flexibility index (Phi) is 5.65. The smallest absolute Gasteiger partial charge is 0.317 e. The topological polar surface area (TPSA) is 49.8 Å². The highest BCUT2D eigenvalue weighted by molar-refractivity contribution is 5.78. The highest BCUT2D eigenvalue weighted by Gasteiger charge is 2.04. The van der Waals surface area contributed by atoms with Crippen LogP contribution < -0.4 is 4.74 Å². The third-order valence-corrected chi connectivity index (χ3v) is 2.57. The number of terminal acetylenes is 1. The first kappa shape index (κ1) is 14.8. The molecule has 0 fully saturated rings. The third-order valence-electron chi connectivity index (χ3n) is 2.57. The molecular weight excluding hydrogens is 242 g/mol. The third kappa shape index (κ3) is 4.86. The predicted molar refractivity (Wildman–Crippen MR) is 74.9 cm³/mol. The Morgan fingerprint density at radius 1 is 1.47 bits per heavy atom. The Morgan fingerprint density at radius 2 is 2.11 bits per heavy atom. The van der Waals surface area contributed by atoms with Crippen molar-refractivity contribution in [2.75, 3.05) is 27.2 Å². The number of aliphatic carboxylic acids is 1. The lowest BCUT2D eigenvalue weighted by Crippen LogP contribution is -2.25. The van der Waals surface area contributed by atoms with Crippen molar-refractivity contribution in [1.82, 2.24) is 4.90 Å². The zero-order chi connectivity index (χ0) is 14.3. The maximum atomic E-state index is 10.5. The second kappa shape index (κ2) is 7.24. The molecule has 0 heterocycles. The molecule has 0 amide bonds. The van der Waals surface area contributed by atoms with Gasteiger partial charge in [0.15, 0.2) is 0 Å². The summed E-state index contributed by atoms with van der Waals surface area (Å²) in [5.74, 6) is 2.52. The summed E-state index contributed by atoms with van der Waals surface area (Å²) in [6, 6.07) is 7.42. The van der Waals surface area contributed by atoms with E-state index in [9.17, 15) is 4.79 Å². The number of methoxy groups -OCH3 is 1. The monoisotopic (exact) mass is 259 g/mol. The molecular formula is C15H17NO3. The first-order chi connectivity index (χ1) is 9.06. The van der Waals surface area contributed by atoms with E-state index in [0.29, 0.717) is 6.54 Å². The maximum absolute atomic E-state index is 10.5. The number of hydrogen-bond donors (Lipinski definition) is 1. The largest absolute Gasteiger partial charge is 0.497 e. The molecule has 1 aromatic rings. The molecule has 0 bridgehead atoms. The standard InChI is InChI=1S/C15H17NO3/c1-4-12(9-10-16(2)11-15(17)18)13-5-7-14(19-3)8-6-13/h1,5-9H,10-11H2,2-3H3,(H,17,18)/b12-9-. The lowest BCUT2D eigenvalue weighted by Gasteiger charge is -2.11. The van der Waals surface area contributed by atoms with Gasteiger partial charge in [0, 0.05) is 12.1 Å². The van der Waals surface area contributed by atoms with Gasteiger partial charge in [-0.3, -0.25) is 9.69 Å². The minimum absolute atomic E-state index is 0.0169. The summed E-state index contributed by atoms with van der Waals surface area (Å²) in [4.78, 5) is 12.2. The van der Waals surface area contributed by atoms with Crippen LogP contribution in [0.4, 0.5) is 0 Å². The van der Waals surface area contributed by atoms with Crippen LogP contribution >= 0.6 is 0 Å². The number of rotatable bonds is 6. The van der Waals surface area contributed by atoms with Crippen LogP contribution in [0.1, 0.15) is 5.56 Å². The fraction of sp³-hybridized carbons (Fsp3) is 0.267. The van der Waals surface area contributed by atoms with E-state index >= 15 is 0 Å². The second-order valence-electron chi connectivity index (χ2n) is 4.08. The normalized spacial score (nSPS) is 11.2. The Morgan fingerprint density at radius 3 is 2.58 bits per heavy atom. The molecule has 100 valence electrons. The molecule has 0 radical (unpaired) electrons. The molecule has 0 aliphatic heterocycles. The van der Waals surface area contributed by atoms with Crippen molar-refractivity contribution in [3.63, 3.8) is 0 Å². The molecule has 0 unspecified atom stereocenters. The summed E-state index contributed by atoms with van der Waals surface area (Å²) in [5, 5.41) is 8.66. The van der Waals surface area contributed by atoms with E-state index in [1.165, 1.54) is 0 Å². The van der Waals surface area contributed by atoms with Crippen LogP contribution in [-0.2, 0) is 4.79 Å². The average Bonchev–Trinajstić information content (AvgIpc) is 2.39. The fourth-order valence-electron chi connectivity index (χ4n) is 1.57. The molecule has 0 saturated carbocycles. The number of hydrogen-bond acceptors (Lipinski definition) is 3. The van der Waals surface area contributed by atoms with Crippen molar-refractivity contribution in [2.24, 2.45) is 0 Å². The van der Waals surface area contributed by atoms with Crippen molar-refractivity contribution in [1.29, 1.82) is 0 Å². The highest BCUT2D eigenvalue weighted by atomic mass is 16.5. The Hall–Kier alpha value is -2.25. The lowest BCUT2D eigenvalue weighted by molar-refractivity contribution is -0.137. The molecule has 4 heteroatoms. The first-order valence-electron chi connectivity index (χ1n) is 5.78. The van der Waals surface area contributed by atoms with Gasteiger partial charge < -0.3 is 9.84 Å². The summed E-state index contributed by atoms with van der Waals surface area (Å²) in [6.45, 7) is 0.467. The summed E-state index contributed by atoms with van der Waals surface area (Å²) in [6.07, 6.45) is 7.32. The molecule has 4 nitrogen and oxygen atoms in total. The summed E-state index contributed by atoms with van der Waals surface area (Å²) in [5.41, 5.74) is 1.65. The van der Waals surface area contributed by atoms with Gasteiger partial charge in [-0.25, -0.2) is 0 Å². The van der Waals surface area contributed by atoms with Crippen LogP contribution in [0.2, 0.25) is 0 Å². The summed E-state index contributed by atoms with van der Waals surface area (Å²) in [7, 11) is 3.33. The number of carboxylic acid groups (broad SMARTS) is 1. The Balaban J connectivity index is 2.76. The van der Waals surface area contributed by atoms with Crippen molar-refractivity contribution < 1.29 is 14.6 Å². The number of nitrogens with zero attached hydrogens (tertiary/aromatic N) is 1. The van der Waals surface area contributed by atoms with Gasteiger partial charge in [0.2, 0.25) is 0 Å². The molecule has 1 aromatic carbocycles. The van der Waals surface area contributed by atoms with Crippen LogP contribution in [0.15, 0.2) is 30.3 Å².